The molecule has 11 nitrogen and oxygen atoms in total. The summed E-state index contributed by atoms with van der Waals surface area (Å²) in [7, 11) is 3.28. The largest absolute Gasteiger partial charge is 0.473 e. The number of aromatic nitrogens is 5. The van der Waals surface area contributed by atoms with Gasteiger partial charge in [0.1, 0.15) is 17.6 Å². The number of hydrogen-bond donors (Lipinski definition) is 2. The van der Waals surface area contributed by atoms with Crippen molar-refractivity contribution in [2.24, 2.45) is 7.05 Å². The Morgan fingerprint density at radius 3 is 2.52 bits per heavy atom. The second-order valence-corrected chi connectivity index (χ2v) is 11.3. The van der Waals surface area contributed by atoms with Crippen molar-refractivity contribution in [3.63, 3.8) is 0 Å². The van der Waals surface area contributed by atoms with E-state index in [2.05, 4.69) is 62.2 Å². The molecule has 2 atom stereocenters. The molecule has 0 bridgehead atoms. The second kappa shape index (κ2) is 12.2. The van der Waals surface area contributed by atoms with Crippen LogP contribution in [0.15, 0.2) is 53.5 Å². The lowest BCUT2D eigenvalue weighted by Crippen LogP contribution is -2.27. The van der Waals surface area contributed by atoms with Crippen LogP contribution in [-0.2, 0) is 18.3 Å². The van der Waals surface area contributed by atoms with E-state index in [-0.39, 0.29) is 23.8 Å². The highest BCUT2D eigenvalue weighted by Crippen LogP contribution is 2.36. The van der Waals surface area contributed by atoms with Crippen LogP contribution >= 0.6 is 0 Å². The highest BCUT2D eigenvalue weighted by atomic mass is 16.5. The van der Waals surface area contributed by atoms with Crippen LogP contribution in [0.3, 0.4) is 0 Å². The van der Waals surface area contributed by atoms with E-state index in [0.717, 1.165) is 73.3 Å². The molecule has 3 aromatic heterocycles. The minimum absolute atomic E-state index is 0.0509. The van der Waals surface area contributed by atoms with Crippen LogP contribution in [0.4, 0.5) is 5.82 Å². The number of β-amino-alcohol motifs (C(OH)–C–C–N with tert-alkyl or cyclic N) is 1. The van der Waals surface area contributed by atoms with E-state index in [0.29, 0.717) is 12.4 Å². The Morgan fingerprint density at radius 1 is 1.05 bits per heavy atom. The number of likely N-dealkylation sites (tertiary alicyclic amines) is 1. The summed E-state index contributed by atoms with van der Waals surface area (Å²) in [6, 6.07) is 14.0. The second-order valence-electron chi connectivity index (χ2n) is 11.3. The minimum atomic E-state index is -0.448. The SMILES string of the molecule is CCNc1cc2c(cn1)c(-c1ccc(CN3C[C@H](OC)[C@@H](O)C3)cc1)nn2C1CCC(Oc2ccc(=O)n(C)n2)CC1. The van der Waals surface area contributed by atoms with Gasteiger partial charge in [0, 0.05) is 75.7 Å². The van der Waals surface area contributed by atoms with E-state index in [1.807, 2.05) is 6.20 Å². The Labute approximate surface area is 245 Å². The van der Waals surface area contributed by atoms with Crippen LogP contribution in [0, 0.1) is 0 Å². The lowest BCUT2D eigenvalue weighted by atomic mass is 9.93. The van der Waals surface area contributed by atoms with Crippen molar-refractivity contribution >= 4 is 16.7 Å². The third-order valence-corrected chi connectivity index (χ3v) is 8.41. The number of pyridine rings is 1. The molecule has 0 radical (unpaired) electrons. The Bertz CT molecular complexity index is 1580. The molecule has 1 aliphatic carbocycles. The number of fused-ring (bicyclic) bond motifs is 1. The zero-order chi connectivity index (χ0) is 29.2. The molecule has 1 saturated carbocycles. The third-order valence-electron chi connectivity index (χ3n) is 8.41. The van der Waals surface area contributed by atoms with Gasteiger partial charge in [-0.05, 0) is 38.2 Å². The Morgan fingerprint density at radius 2 is 1.83 bits per heavy atom. The molecule has 4 heterocycles. The Hall–Kier alpha value is -3.80. The van der Waals surface area contributed by atoms with Crippen molar-refractivity contribution in [1.29, 1.82) is 0 Å². The van der Waals surface area contributed by atoms with Gasteiger partial charge in [0.15, 0.2) is 0 Å². The highest BCUT2D eigenvalue weighted by molar-refractivity contribution is 5.94. The molecule has 42 heavy (non-hydrogen) atoms. The molecule has 2 fully saturated rings. The number of aryl methyl sites for hydroxylation is 1. The number of rotatable bonds is 9. The molecule has 1 aliphatic heterocycles. The van der Waals surface area contributed by atoms with Crippen LogP contribution < -0.4 is 15.6 Å². The maximum absolute atomic E-state index is 11.7. The molecule has 1 saturated heterocycles. The van der Waals surface area contributed by atoms with Crippen molar-refractivity contribution in [3.05, 3.63) is 64.6 Å². The normalized spacial score (nSPS) is 23.0. The number of nitrogens with one attached hydrogen (secondary N) is 1. The third kappa shape index (κ3) is 5.90. The average Bonchev–Trinajstić information content (AvgIpc) is 3.55. The fourth-order valence-electron chi connectivity index (χ4n) is 6.14. The average molecular weight is 574 g/mol. The van der Waals surface area contributed by atoms with Crippen molar-refractivity contribution < 1.29 is 14.6 Å². The lowest BCUT2D eigenvalue weighted by molar-refractivity contribution is 0.0215. The summed E-state index contributed by atoms with van der Waals surface area (Å²) in [5.74, 6) is 1.32. The quantitative estimate of drug-likeness (QED) is 0.311. The number of hydrogen-bond acceptors (Lipinski definition) is 9. The Kier molecular flexibility index (Phi) is 8.23. The van der Waals surface area contributed by atoms with Gasteiger partial charge < -0.3 is 19.9 Å². The first-order chi connectivity index (χ1) is 20.4. The van der Waals surface area contributed by atoms with Crippen LogP contribution in [0.25, 0.3) is 22.2 Å². The van der Waals surface area contributed by atoms with Crippen LogP contribution in [0.1, 0.15) is 44.2 Å². The molecule has 6 rings (SSSR count). The fourth-order valence-corrected chi connectivity index (χ4v) is 6.14. The van der Waals surface area contributed by atoms with Crippen molar-refractivity contribution in [1.82, 2.24) is 29.4 Å². The molecule has 11 heteroatoms. The number of nitrogens with zero attached hydrogens (tertiary/aromatic N) is 6. The van der Waals surface area contributed by atoms with Gasteiger partial charge in [0.05, 0.1) is 23.8 Å². The monoisotopic (exact) mass is 573 g/mol. The van der Waals surface area contributed by atoms with Gasteiger partial charge >= 0.3 is 0 Å². The van der Waals surface area contributed by atoms with E-state index in [1.54, 1.807) is 20.2 Å². The molecule has 0 amide bonds. The molecule has 2 aliphatic rings. The predicted octanol–water partition coefficient (Wildman–Crippen LogP) is 3.38. The molecule has 222 valence electrons. The summed E-state index contributed by atoms with van der Waals surface area (Å²) < 4.78 is 15.0. The van der Waals surface area contributed by atoms with Crippen LogP contribution in [0.5, 0.6) is 5.88 Å². The van der Waals surface area contributed by atoms with Gasteiger partial charge in [0.25, 0.3) is 5.56 Å². The highest BCUT2D eigenvalue weighted by Gasteiger charge is 2.31. The zero-order valence-corrected chi connectivity index (χ0v) is 24.4. The summed E-state index contributed by atoms with van der Waals surface area (Å²) in [6.07, 6.45) is 5.00. The van der Waals surface area contributed by atoms with Gasteiger partial charge in [-0.1, -0.05) is 24.3 Å². The standard InChI is InChI=1S/C31H39N7O4/c1-4-32-28-15-25-24(16-33-28)31(21-7-5-20(6-8-21)17-37-18-26(39)27(19-37)41-3)35-38(25)22-9-11-23(12-10-22)42-29-13-14-30(40)36(2)34-29/h5-8,13-16,22-23,26-27,39H,4,9-12,17-19H2,1-3H3,(H,32,33)/t22?,23?,26-,27-/m0/s1. The minimum Gasteiger partial charge on any atom is -0.473 e. The number of methoxy groups -OCH3 is 1. The molecule has 1 aromatic carbocycles. The van der Waals surface area contributed by atoms with Gasteiger partial charge in [-0.25, -0.2) is 9.67 Å². The molecule has 0 unspecified atom stereocenters. The molecular formula is C31H39N7O4. The van der Waals surface area contributed by atoms with Gasteiger partial charge in [-0.15, -0.1) is 5.10 Å². The topological polar surface area (TPSA) is 120 Å². The number of ether oxygens (including phenoxy) is 2. The molecular weight excluding hydrogens is 534 g/mol. The maximum Gasteiger partial charge on any atom is 0.266 e. The Balaban J connectivity index is 1.21. The predicted molar refractivity (Wildman–Crippen MR) is 161 cm³/mol. The van der Waals surface area contributed by atoms with E-state index in [9.17, 15) is 9.90 Å². The van der Waals surface area contributed by atoms with Crippen molar-refractivity contribution in [3.8, 4) is 17.1 Å². The van der Waals surface area contributed by atoms with Crippen molar-refractivity contribution in [2.75, 3.05) is 32.1 Å². The summed E-state index contributed by atoms with van der Waals surface area (Å²) in [5, 5.41) is 24.0. The number of aliphatic hydroxyl groups is 1. The molecule has 0 spiro atoms. The first-order valence-corrected chi connectivity index (χ1v) is 14.8. The summed E-state index contributed by atoms with van der Waals surface area (Å²) in [6.45, 7) is 4.96. The van der Waals surface area contributed by atoms with E-state index in [1.165, 1.54) is 16.3 Å². The first kappa shape index (κ1) is 28.3. The lowest BCUT2D eigenvalue weighted by Gasteiger charge is -2.29. The smallest absolute Gasteiger partial charge is 0.266 e. The zero-order valence-electron chi connectivity index (χ0n) is 24.4. The summed E-state index contributed by atoms with van der Waals surface area (Å²) in [4.78, 5) is 18.6. The number of benzene rings is 1. The summed E-state index contributed by atoms with van der Waals surface area (Å²) >= 11 is 0. The van der Waals surface area contributed by atoms with Gasteiger partial charge in [0.2, 0.25) is 5.88 Å². The van der Waals surface area contributed by atoms with Crippen LogP contribution in [-0.4, -0.2) is 79.6 Å². The number of anilines is 1. The number of aliphatic hydroxyl groups excluding tert-OH is 1. The van der Waals surface area contributed by atoms with E-state index < -0.39 is 6.10 Å². The fraction of sp³-hybridized carbons (Fsp3) is 0.484. The van der Waals surface area contributed by atoms with Crippen LogP contribution in [0.2, 0.25) is 0 Å². The summed E-state index contributed by atoms with van der Waals surface area (Å²) in [5.41, 5.74) is 4.08. The van der Waals surface area contributed by atoms with Crippen molar-refractivity contribution in [2.45, 2.75) is 63.5 Å². The van der Waals surface area contributed by atoms with E-state index >= 15 is 0 Å². The first-order valence-electron chi connectivity index (χ1n) is 14.8. The van der Waals surface area contributed by atoms with Gasteiger partial charge in [-0.3, -0.25) is 14.4 Å². The molecule has 4 aromatic rings. The maximum atomic E-state index is 11.7. The molecule has 2 N–H and O–H groups in total. The van der Waals surface area contributed by atoms with Gasteiger partial charge in [-0.2, -0.15) is 5.10 Å². The van der Waals surface area contributed by atoms with E-state index in [4.69, 9.17) is 14.6 Å².